The fraction of sp³-hybridized carbons (Fsp3) is 0.231. The van der Waals surface area contributed by atoms with E-state index >= 15 is 0 Å². The third-order valence-electron chi connectivity index (χ3n) is 2.38. The van der Waals surface area contributed by atoms with Gasteiger partial charge in [-0.05, 0) is 31.0 Å². The number of nitrogens with two attached hydrogens (primary N) is 1. The van der Waals surface area contributed by atoms with E-state index < -0.39 is 0 Å². The Morgan fingerprint density at radius 3 is 2.56 bits per heavy atom. The molecule has 0 aliphatic carbocycles. The van der Waals surface area contributed by atoms with Crippen molar-refractivity contribution < 1.29 is 9.84 Å². The van der Waals surface area contributed by atoms with Gasteiger partial charge < -0.3 is 15.6 Å². The molecule has 0 aliphatic heterocycles. The second-order valence-electron chi connectivity index (χ2n) is 3.90. The van der Waals surface area contributed by atoms with Gasteiger partial charge in [0.25, 0.3) is 0 Å². The van der Waals surface area contributed by atoms with Crippen molar-refractivity contribution in [2.24, 2.45) is 0 Å². The minimum Gasteiger partial charge on any atom is -0.439 e. The van der Waals surface area contributed by atoms with Crippen LogP contribution in [0.5, 0.6) is 11.6 Å². The van der Waals surface area contributed by atoms with E-state index in [1.54, 1.807) is 13.0 Å². The van der Waals surface area contributed by atoms with Gasteiger partial charge in [-0.3, -0.25) is 0 Å². The Morgan fingerprint density at radius 2 is 1.94 bits per heavy atom. The number of nitrogens with zero attached hydrogens (tertiary/aromatic N) is 2. The average molecular weight is 245 g/mol. The van der Waals surface area contributed by atoms with Crippen molar-refractivity contribution in [1.29, 1.82) is 0 Å². The summed E-state index contributed by atoms with van der Waals surface area (Å²) in [4.78, 5) is 8.11. The predicted molar refractivity (Wildman–Crippen MR) is 68.5 cm³/mol. The SMILES string of the molecule is Cc1nc(N)cc(Oc2ccc(CCO)cc2)n1. The molecule has 0 atom stereocenters. The van der Waals surface area contributed by atoms with Crippen LogP contribution in [0.2, 0.25) is 0 Å². The summed E-state index contributed by atoms with van der Waals surface area (Å²) in [6.07, 6.45) is 0.639. The molecule has 5 heteroatoms. The van der Waals surface area contributed by atoms with E-state index in [1.807, 2.05) is 24.3 Å². The number of nitrogen functional groups attached to an aromatic ring is 1. The summed E-state index contributed by atoms with van der Waals surface area (Å²) in [7, 11) is 0. The zero-order chi connectivity index (χ0) is 13.0. The number of anilines is 1. The minimum atomic E-state index is 0.141. The monoisotopic (exact) mass is 245 g/mol. The molecule has 0 saturated carbocycles. The average Bonchev–Trinajstić information content (AvgIpc) is 2.31. The summed E-state index contributed by atoms with van der Waals surface area (Å²) in [5.74, 6) is 2.06. The second-order valence-corrected chi connectivity index (χ2v) is 3.90. The third kappa shape index (κ3) is 3.18. The predicted octanol–water partition coefficient (Wildman–Crippen LogP) is 1.69. The molecule has 0 fully saturated rings. The summed E-state index contributed by atoms with van der Waals surface area (Å²) in [5.41, 5.74) is 6.68. The van der Waals surface area contributed by atoms with Crippen molar-refractivity contribution in [2.45, 2.75) is 13.3 Å². The van der Waals surface area contributed by atoms with Gasteiger partial charge >= 0.3 is 0 Å². The van der Waals surface area contributed by atoms with Crippen LogP contribution in [-0.4, -0.2) is 21.7 Å². The van der Waals surface area contributed by atoms with Crippen LogP contribution in [-0.2, 0) is 6.42 Å². The number of aryl methyl sites for hydroxylation is 1. The lowest BCUT2D eigenvalue weighted by atomic mass is 10.1. The normalized spacial score (nSPS) is 10.3. The molecule has 0 bridgehead atoms. The molecule has 2 rings (SSSR count). The molecular weight excluding hydrogens is 230 g/mol. The lowest BCUT2D eigenvalue weighted by molar-refractivity contribution is 0.299. The van der Waals surface area contributed by atoms with E-state index in [9.17, 15) is 0 Å². The van der Waals surface area contributed by atoms with Gasteiger partial charge in [-0.1, -0.05) is 12.1 Å². The number of rotatable bonds is 4. The first-order valence-corrected chi connectivity index (χ1v) is 5.66. The Labute approximate surface area is 105 Å². The van der Waals surface area contributed by atoms with Crippen LogP contribution < -0.4 is 10.5 Å². The Morgan fingerprint density at radius 1 is 1.22 bits per heavy atom. The smallest absolute Gasteiger partial charge is 0.224 e. The lowest BCUT2D eigenvalue weighted by Gasteiger charge is -2.06. The van der Waals surface area contributed by atoms with Crippen molar-refractivity contribution in [1.82, 2.24) is 9.97 Å². The van der Waals surface area contributed by atoms with Crippen LogP contribution in [0.3, 0.4) is 0 Å². The molecule has 94 valence electrons. The Balaban J connectivity index is 2.13. The minimum absolute atomic E-state index is 0.141. The number of hydrogen-bond acceptors (Lipinski definition) is 5. The van der Waals surface area contributed by atoms with Gasteiger partial charge in [0.15, 0.2) is 0 Å². The summed E-state index contributed by atoms with van der Waals surface area (Å²) in [6, 6.07) is 9.05. The Hall–Kier alpha value is -2.14. The van der Waals surface area contributed by atoms with Gasteiger partial charge in [0, 0.05) is 12.7 Å². The maximum absolute atomic E-state index is 8.82. The molecule has 0 spiro atoms. The highest BCUT2D eigenvalue weighted by atomic mass is 16.5. The standard InChI is InChI=1S/C13H15N3O2/c1-9-15-12(14)8-13(16-9)18-11-4-2-10(3-5-11)6-7-17/h2-5,8,17H,6-7H2,1H3,(H2,14,15,16). The molecule has 0 saturated heterocycles. The molecule has 0 unspecified atom stereocenters. The Kier molecular flexibility index (Phi) is 3.74. The van der Waals surface area contributed by atoms with Crippen LogP contribution in [0.25, 0.3) is 0 Å². The van der Waals surface area contributed by atoms with Crippen LogP contribution in [0, 0.1) is 6.92 Å². The molecule has 0 aliphatic rings. The maximum Gasteiger partial charge on any atom is 0.224 e. The number of aromatic nitrogens is 2. The zero-order valence-electron chi connectivity index (χ0n) is 10.1. The highest BCUT2D eigenvalue weighted by Crippen LogP contribution is 2.21. The molecule has 5 nitrogen and oxygen atoms in total. The first-order valence-electron chi connectivity index (χ1n) is 5.66. The second kappa shape index (κ2) is 5.46. The van der Waals surface area contributed by atoms with Crippen LogP contribution in [0.15, 0.2) is 30.3 Å². The number of ether oxygens (including phenoxy) is 1. The Bertz CT molecular complexity index is 506. The number of aliphatic hydroxyl groups excluding tert-OH is 1. The van der Waals surface area contributed by atoms with Crippen molar-refractivity contribution in [2.75, 3.05) is 12.3 Å². The van der Waals surface area contributed by atoms with Gasteiger partial charge in [0.05, 0.1) is 0 Å². The van der Waals surface area contributed by atoms with E-state index in [-0.39, 0.29) is 6.61 Å². The highest BCUT2D eigenvalue weighted by molar-refractivity contribution is 5.36. The zero-order valence-corrected chi connectivity index (χ0v) is 10.1. The van der Waals surface area contributed by atoms with E-state index in [4.69, 9.17) is 15.6 Å². The first-order chi connectivity index (χ1) is 8.67. The summed E-state index contributed by atoms with van der Waals surface area (Å²) in [6.45, 7) is 1.90. The van der Waals surface area contributed by atoms with Gasteiger partial charge in [-0.25, -0.2) is 4.98 Å². The molecule has 18 heavy (non-hydrogen) atoms. The molecule has 1 heterocycles. The maximum atomic E-state index is 8.82. The van der Waals surface area contributed by atoms with Gasteiger partial charge in [-0.2, -0.15) is 4.98 Å². The third-order valence-corrected chi connectivity index (χ3v) is 2.38. The highest BCUT2D eigenvalue weighted by Gasteiger charge is 2.02. The molecule has 0 radical (unpaired) electrons. The van der Waals surface area contributed by atoms with Crippen LogP contribution in [0.1, 0.15) is 11.4 Å². The summed E-state index contributed by atoms with van der Waals surface area (Å²) in [5, 5.41) is 8.82. The van der Waals surface area contributed by atoms with E-state index in [0.29, 0.717) is 29.7 Å². The number of benzene rings is 1. The van der Waals surface area contributed by atoms with Crippen LogP contribution >= 0.6 is 0 Å². The molecule has 3 N–H and O–H groups in total. The van der Waals surface area contributed by atoms with Gasteiger partial charge in [0.2, 0.25) is 5.88 Å². The van der Waals surface area contributed by atoms with Crippen molar-refractivity contribution in [3.8, 4) is 11.6 Å². The first kappa shape index (κ1) is 12.3. The van der Waals surface area contributed by atoms with E-state index in [1.165, 1.54) is 0 Å². The van der Waals surface area contributed by atoms with E-state index in [0.717, 1.165) is 5.56 Å². The van der Waals surface area contributed by atoms with Crippen molar-refractivity contribution in [3.05, 3.63) is 41.7 Å². The summed E-state index contributed by atoms with van der Waals surface area (Å²) >= 11 is 0. The van der Waals surface area contributed by atoms with Gasteiger partial charge in [-0.15, -0.1) is 0 Å². The lowest BCUT2D eigenvalue weighted by Crippen LogP contribution is -1.98. The van der Waals surface area contributed by atoms with Gasteiger partial charge in [0.1, 0.15) is 17.4 Å². The summed E-state index contributed by atoms with van der Waals surface area (Å²) < 4.78 is 5.58. The largest absolute Gasteiger partial charge is 0.439 e. The molecule has 0 amide bonds. The van der Waals surface area contributed by atoms with Crippen molar-refractivity contribution >= 4 is 5.82 Å². The quantitative estimate of drug-likeness (QED) is 0.856. The van der Waals surface area contributed by atoms with Crippen LogP contribution in [0.4, 0.5) is 5.82 Å². The van der Waals surface area contributed by atoms with Crippen molar-refractivity contribution in [3.63, 3.8) is 0 Å². The fourth-order valence-electron chi connectivity index (χ4n) is 1.59. The number of hydrogen-bond donors (Lipinski definition) is 2. The molecule has 1 aromatic heterocycles. The topological polar surface area (TPSA) is 81.3 Å². The fourth-order valence-corrected chi connectivity index (χ4v) is 1.59. The number of aliphatic hydroxyl groups is 1. The molecular formula is C13H15N3O2. The van der Waals surface area contributed by atoms with E-state index in [2.05, 4.69) is 9.97 Å². The molecule has 2 aromatic rings. The molecule has 1 aromatic carbocycles.